The third-order valence-electron chi connectivity index (χ3n) is 3.93. The van der Waals surface area contributed by atoms with Gasteiger partial charge >= 0.3 is 35.7 Å². The number of hydrogen-bond acceptors (Lipinski definition) is 10. The first-order chi connectivity index (χ1) is 14.1. The van der Waals surface area contributed by atoms with Crippen LogP contribution in [0.4, 0.5) is 13.2 Å². The minimum Gasteiger partial charge on any atom is -0.543 e. The molecule has 2 aliphatic heterocycles. The molecule has 2 atom stereocenters. The van der Waals surface area contributed by atoms with Crippen molar-refractivity contribution in [3.05, 3.63) is 16.3 Å². The topological polar surface area (TPSA) is 115 Å². The largest absolute Gasteiger partial charge is 1.00 e. The smallest absolute Gasteiger partial charge is 0.543 e. The summed E-state index contributed by atoms with van der Waals surface area (Å²) in [6, 6.07) is -0.983. The van der Waals surface area contributed by atoms with Crippen molar-refractivity contribution in [1.82, 2.24) is 20.4 Å². The van der Waals surface area contributed by atoms with Gasteiger partial charge < -0.3 is 15.2 Å². The number of carbonyl (C=O) groups excluding carboxylic acids is 3. The Morgan fingerprint density at radius 3 is 2.65 bits per heavy atom. The van der Waals surface area contributed by atoms with Crippen LogP contribution in [0, 0.1) is 6.92 Å². The number of aryl methyl sites for hydroxylation is 1. The Balaban J connectivity index is 0.00000341. The Morgan fingerprint density at radius 1 is 1.35 bits per heavy atom. The number of thioether (sulfide) groups is 3. The summed E-state index contributed by atoms with van der Waals surface area (Å²) >= 11 is 4.33. The Hall–Kier alpha value is -0.450. The quantitative estimate of drug-likeness (QED) is 0.228. The van der Waals surface area contributed by atoms with Gasteiger partial charge in [0.15, 0.2) is 4.34 Å². The van der Waals surface area contributed by atoms with E-state index in [1.165, 1.54) is 34.9 Å². The fraction of sp³-hybridized carbons (Fsp3) is 0.533. The number of alkyl halides is 3. The van der Waals surface area contributed by atoms with E-state index in [-0.39, 0.29) is 41.0 Å². The van der Waals surface area contributed by atoms with Crippen molar-refractivity contribution in [1.29, 1.82) is 0 Å². The number of halogens is 3. The molecule has 1 N–H and O–H groups in total. The number of rotatable bonds is 8. The van der Waals surface area contributed by atoms with Gasteiger partial charge in [0.25, 0.3) is 5.91 Å². The maximum Gasteiger partial charge on any atom is 1.00 e. The van der Waals surface area contributed by atoms with Gasteiger partial charge in [-0.1, -0.05) is 23.1 Å². The van der Waals surface area contributed by atoms with Crippen LogP contribution in [0.15, 0.2) is 15.6 Å². The minimum atomic E-state index is -4.39. The number of fused-ring (bicyclic) bond motifs is 1. The van der Waals surface area contributed by atoms with Gasteiger partial charge in [0.05, 0.1) is 23.2 Å². The average Bonchev–Trinajstić information content (AvgIpc) is 3.07. The van der Waals surface area contributed by atoms with Crippen molar-refractivity contribution in [3.63, 3.8) is 0 Å². The molecule has 0 aromatic carbocycles. The van der Waals surface area contributed by atoms with E-state index in [1.54, 1.807) is 6.92 Å². The molecule has 0 unspecified atom stereocenters. The molecule has 3 rings (SSSR count). The Kier molecular flexibility index (Phi) is 9.61. The van der Waals surface area contributed by atoms with Crippen LogP contribution in [0.1, 0.15) is 5.01 Å². The van der Waals surface area contributed by atoms with Crippen molar-refractivity contribution in [2.24, 2.45) is 0 Å². The molecular formula is C15H14F3N4NaO4S4. The Bertz CT molecular complexity index is 898. The number of carbonyl (C=O) groups is 3. The van der Waals surface area contributed by atoms with E-state index < -0.39 is 46.9 Å². The molecule has 1 aromatic rings. The van der Waals surface area contributed by atoms with Crippen LogP contribution in [0.3, 0.4) is 0 Å². The van der Waals surface area contributed by atoms with Gasteiger partial charge in [-0.25, -0.2) is 0 Å². The molecule has 2 aliphatic rings. The molecule has 0 spiro atoms. The summed E-state index contributed by atoms with van der Waals surface area (Å²) < 4.78 is 37.2. The third-order valence-corrected chi connectivity index (χ3v) is 8.33. The number of carboxylic acid groups (broad SMARTS) is 1. The van der Waals surface area contributed by atoms with Crippen LogP contribution >= 0.6 is 46.6 Å². The maximum atomic E-state index is 12.5. The molecule has 1 aromatic heterocycles. The predicted molar refractivity (Wildman–Crippen MR) is 106 cm³/mol. The first-order valence-electron chi connectivity index (χ1n) is 8.31. The van der Waals surface area contributed by atoms with Gasteiger partial charge in [-0.15, -0.1) is 33.7 Å². The average molecular weight is 523 g/mol. The standard InChI is InChI=1S/C15H15F3N4O4S4.Na/c1-6-20-21-14(30-6)29-3-7-2-28-12-9(11(24)22(12)10(7)13(25)26)19-8(23)4-27-5-15(16,17)18;/h9,12H,2-5H2,1H3,(H,19,23)(H,25,26);/q;+1/p-1/t9-,12-;/m1./s1. The van der Waals surface area contributed by atoms with Gasteiger partial charge in [-0.3, -0.25) is 14.5 Å². The van der Waals surface area contributed by atoms with Gasteiger partial charge in [-0.05, 0) is 12.5 Å². The first-order valence-corrected chi connectivity index (χ1v) is 12.3. The fourth-order valence-corrected chi connectivity index (χ4v) is 6.65. The van der Waals surface area contributed by atoms with Crippen LogP contribution in [0.5, 0.6) is 0 Å². The number of carboxylic acids is 1. The second kappa shape index (κ2) is 11.1. The summed E-state index contributed by atoms with van der Waals surface area (Å²) in [4.78, 5) is 37.1. The molecule has 1 saturated heterocycles. The van der Waals surface area contributed by atoms with Crippen LogP contribution in [-0.4, -0.2) is 73.5 Å². The molecule has 1 fully saturated rings. The first kappa shape index (κ1) is 26.8. The molecule has 8 nitrogen and oxygen atoms in total. The summed E-state index contributed by atoms with van der Waals surface area (Å²) in [5.41, 5.74) is 0.266. The van der Waals surface area contributed by atoms with Crippen molar-refractivity contribution in [2.45, 2.75) is 28.9 Å². The summed E-state index contributed by atoms with van der Waals surface area (Å²) in [6.07, 6.45) is -4.39. The third kappa shape index (κ3) is 6.77. The van der Waals surface area contributed by atoms with E-state index in [4.69, 9.17) is 0 Å². The van der Waals surface area contributed by atoms with Gasteiger partial charge in [0.1, 0.15) is 16.4 Å². The number of amides is 2. The van der Waals surface area contributed by atoms with Crippen molar-refractivity contribution < 1.29 is 62.2 Å². The van der Waals surface area contributed by atoms with Crippen LogP contribution in [0.25, 0.3) is 0 Å². The molecule has 0 aliphatic carbocycles. The molecule has 0 radical (unpaired) electrons. The van der Waals surface area contributed by atoms with E-state index in [1.807, 2.05) is 0 Å². The normalized spacial score (nSPS) is 20.6. The Labute approximate surface area is 213 Å². The number of β-lactam (4-membered cyclic amide) rings is 1. The molecule has 3 heterocycles. The monoisotopic (exact) mass is 522 g/mol. The molecule has 164 valence electrons. The van der Waals surface area contributed by atoms with E-state index in [2.05, 4.69) is 15.5 Å². The zero-order chi connectivity index (χ0) is 22.1. The zero-order valence-electron chi connectivity index (χ0n) is 16.2. The van der Waals surface area contributed by atoms with E-state index >= 15 is 0 Å². The zero-order valence-corrected chi connectivity index (χ0v) is 21.5. The number of hydrogen-bond donors (Lipinski definition) is 1. The molecule has 2 amide bonds. The van der Waals surface area contributed by atoms with E-state index in [0.717, 1.165) is 9.91 Å². The summed E-state index contributed by atoms with van der Waals surface area (Å²) in [6.45, 7) is 1.80. The summed E-state index contributed by atoms with van der Waals surface area (Å²) in [7, 11) is 0. The van der Waals surface area contributed by atoms with Crippen LogP contribution in [0.2, 0.25) is 0 Å². The van der Waals surface area contributed by atoms with Crippen LogP contribution < -0.4 is 40.0 Å². The van der Waals surface area contributed by atoms with Crippen LogP contribution in [-0.2, 0) is 14.4 Å². The number of aromatic nitrogens is 2. The molecule has 0 bridgehead atoms. The number of nitrogens with one attached hydrogen (secondary N) is 1. The summed E-state index contributed by atoms with van der Waals surface area (Å²) in [5, 5.41) is 22.0. The summed E-state index contributed by atoms with van der Waals surface area (Å²) in [5.74, 6) is -3.87. The molecule has 16 heteroatoms. The predicted octanol–water partition coefficient (Wildman–Crippen LogP) is -2.36. The van der Waals surface area contributed by atoms with Gasteiger partial charge in [-0.2, -0.15) is 13.2 Å². The van der Waals surface area contributed by atoms with E-state index in [9.17, 15) is 32.7 Å². The maximum absolute atomic E-state index is 12.5. The van der Waals surface area contributed by atoms with Crippen molar-refractivity contribution in [3.8, 4) is 0 Å². The number of aliphatic carboxylic acids is 1. The van der Waals surface area contributed by atoms with Crippen molar-refractivity contribution in [2.75, 3.05) is 23.0 Å². The second-order valence-corrected chi connectivity index (χ2v) is 10.7. The van der Waals surface area contributed by atoms with Crippen molar-refractivity contribution >= 4 is 64.4 Å². The van der Waals surface area contributed by atoms with Gasteiger partial charge in [0, 0.05) is 11.5 Å². The van der Waals surface area contributed by atoms with E-state index in [0.29, 0.717) is 27.4 Å². The van der Waals surface area contributed by atoms with Gasteiger partial charge in [0.2, 0.25) is 5.91 Å². The SMILES string of the molecule is Cc1nnc(SCC2=C(C(=O)[O-])N3C(=O)[C@@H](NC(=O)CSCC(F)(F)F)[C@H]3SC2)s1.[Na+]. The Morgan fingerprint density at radius 2 is 2.06 bits per heavy atom. The second-order valence-electron chi connectivity index (χ2n) is 6.18. The number of nitrogens with zero attached hydrogens (tertiary/aromatic N) is 3. The molecular weight excluding hydrogens is 508 g/mol. The molecule has 31 heavy (non-hydrogen) atoms. The fourth-order valence-electron chi connectivity index (χ4n) is 2.74. The molecule has 0 saturated carbocycles. The minimum absolute atomic E-state index is 0.